The maximum atomic E-state index is 13.6. The first-order valence-electron chi connectivity index (χ1n) is 5.52. The van der Waals surface area contributed by atoms with Gasteiger partial charge in [0, 0.05) is 0 Å². The summed E-state index contributed by atoms with van der Waals surface area (Å²) in [4.78, 5) is 0. The number of rotatable bonds is 3. The zero-order valence-corrected chi connectivity index (χ0v) is 10.0. The zero-order chi connectivity index (χ0) is 14.0. The van der Waals surface area contributed by atoms with Gasteiger partial charge in [0.2, 0.25) is 0 Å². The highest BCUT2D eigenvalue weighted by molar-refractivity contribution is 5.59. The summed E-state index contributed by atoms with van der Waals surface area (Å²) in [5, 5.41) is 2.83. The van der Waals surface area contributed by atoms with Crippen molar-refractivity contribution in [2.24, 2.45) is 0 Å². The van der Waals surface area contributed by atoms with Crippen LogP contribution < -0.4 is 5.32 Å². The monoisotopic (exact) mass is 273 g/mol. The molecule has 0 amide bonds. The summed E-state index contributed by atoms with van der Waals surface area (Å²) >= 11 is 0. The molecule has 0 fully saturated rings. The van der Waals surface area contributed by atoms with Crippen molar-refractivity contribution in [3.63, 3.8) is 0 Å². The third-order valence-corrected chi connectivity index (χ3v) is 2.57. The van der Waals surface area contributed by atoms with Crippen LogP contribution in [0.2, 0.25) is 0 Å². The second-order valence-electron chi connectivity index (χ2n) is 3.99. The standard InChI is InChI=1S/C13H11F4NO/c1-18-7-9-3-5-12(19-9)10-6-8(13(15,16)17)2-4-11(10)14/h2-6,18H,7H2,1H3. The smallest absolute Gasteiger partial charge is 0.416 e. The molecule has 2 rings (SSSR count). The molecule has 0 aliphatic heterocycles. The predicted octanol–water partition coefficient (Wildman–Crippen LogP) is 3.82. The van der Waals surface area contributed by atoms with Gasteiger partial charge in [-0.3, -0.25) is 0 Å². The van der Waals surface area contributed by atoms with E-state index >= 15 is 0 Å². The second-order valence-corrected chi connectivity index (χ2v) is 3.99. The lowest BCUT2D eigenvalue weighted by Gasteiger charge is -2.08. The van der Waals surface area contributed by atoms with Crippen LogP contribution in [-0.2, 0) is 12.7 Å². The van der Waals surface area contributed by atoms with Gasteiger partial charge in [0.05, 0.1) is 17.7 Å². The molecule has 102 valence electrons. The van der Waals surface area contributed by atoms with Crippen molar-refractivity contribution in [3.8, 4) is 11.3 Å². The topological polar surface area (TPSA) is 25.2 Å². The molecule has 0 bridgehead atoms. The number of hydrogen-bond donors (Lipinski definition) is 1. The Morgan fingerprint density at radius 2 is 1.89 bits per heavy atom. The fourth-order valence-corrected chi connectivity index (χ4v) is 1.68. The number of hydrogen-bond acceptors (Lipinski definition) is 2. The fourth-order valence-electron chi connectivity index (χ4n) is 1.68. The average Bonchev–Trinajstić information content (AvgIpc) is 2.77. The molecule has 0 atom stereocenters. The van der Waals surface area contributed by atoms with Crippen molar-refractivity contribution in [1.82, 2.24) is 5.32 Å². The van der Waals surface area contributed by atoms with Gasteiger partial charge in [0.1, 0.15) is 17.3 Å². The Bertz CT molecular complexity index is 574. The molecule has 1 aromatic heterocycles. The number of benzene rings is 1. The Balaban J connectivity index is 2.42. The first kappa shape index (κ1) is 13.6. The zero-order valence-electron chi connectivity index (χ0n) is 10.0. The third-order valence-electron chi connectivity index (χ3n) is 2.57. The Morgan fingerprint density at radius 3 is 2.53 bits per heavy atom. The quantitative estimate of drug-likeness (QED) is 0.860. The Kier molecular flexibility index (Phi) is 3.61. The minimum Gasteiger partial charge on any atom is -0.460 e. The molecule has 19 heavy (non-hydrogen) atoms. The van der Waals surface area contributed by atoms with Crippen molar-refractivity contribution in [3.05, 3.63) is 47.5 Å². The van der Waals surface area contributed by atoms with Crippen LogP contribution in [0.1, 0.15) is 11.3 Å². The lowest BCUT2D eigenvalue weighted by molar-refractivity contribution is -0.137. The minimum atomic E-state index is -4.51. The molecule has 1 N–H and O–H groups in total. The Labute approximate surface area is 107 Å². The summed E-state index contributed by atoms with van der Waals surface area (Å²) in [6.07, 6.45) is -4.51. The second kappa shape index (κ2) is 5.05. The van der Waals surface area contributed by atoms with Crippen molar-refractivity contribution in [2.45, 2.75) is 12.7 Å². The maximum absolute atomic E-state index is 13.6. The molecule has 1 heterocycles. The van der Waals surface area contributed by atoms with Gasteiger partial charge in [0.15, 0.2) is 0 Å². The summed E-state index contributed by atoms with van der Waals surface area (Å²) in [7, 11) is 1.70. The average molecular weight is 273 g/mol. The summed E-state index contributed by atoms with van der Waals surface area (Å²) in [5.41, 5.74) is -1.10. The SMILES string of the molecule is CNCc1ccc(-c2cc(C(F)(F)F)ccc2F)o1. The van der Waals surface area contributed by atoms with E-state index in [1.165, 1.54) is 6.07 Å². The highest BCUT2D eigenvalue weighted by Crippen LogP contribution is 2.34. The molecule has 6 heteroatoms. The molecule has 0 aliphatic rings. The van der Waals surface area contributed by atoms with Gasteiger partial charge in [-0.1, -0.05) is 0 Å². The molecule has 0 radical (unpaired) electrons. The first-order valence-corrected chi connectivity index (χ1v) is 5.52. The van der Waals surface area contributed by atoms with E-state index in [-0.39, 0.29) is 11.3 Å². The summed E-state index contributed by atoms with van der Waals surface area (Å²) in [6.45, 7) is 0.417. The molecule has 2 aromatic rings. The largest absolute Gasteiger partial charge is 0.460 e. The number of furan rings is 1. The lowest BCUT2D eigenvalue weighted by atomic mass is 10.1. The summed E-state index contributed by atoms with van der Waals surface area (Å²) in [5.74, 6) is -0.151. The van der Waals surface area contributed by atoms with E-state index < -0.39 is 17.6 Å². The molecule has 0 saturated heterocycles. The van der Waals surface area contributed by atoms with Gasteiger partial charge in [-0.2, -0.15) is 13.2 Å². The van der Waals surface area contributed by atoms with Gasteiger partial charge >= 0.3 is 6.18 Å². The van der Waals surface area contributed by atoms with Gasteiger partial charge in [0.25, 0.3) is 0 Å². The van der Waals surface area contributed by atoms with Crippen LogP contribution in [0.5, 0.6) is 0 Å². The van der Waals surface area contributed by atoms with Crippen LogP contribution >= 0.6 is 0 Å². The van der Waals surface area contributed by atoms with Crippen molar-refractivity contribution < 1.29 is 22.0 Å². The van der Waals surface area contributed by atoms with Crippen molar-refractivity contribution in [1.29, 1.82) is 0 Å². The molecule has 1 aromatic carbocycles. The first-order chi connectivity index (χ1) is 8.91. The highest BCUT2D eigenvalue weighted by atomic mass is 19.4. The van der Waals surface area contributed by atoms with Gasteiger partial charge < -0.3 is 9.73 Å². The summed E-state index contributed by atoms with van der Waals surface area (Å²) in [6, 6.07) is 5.28. The minimum absolute atomic E-state index is 0.0776. The highest BCUT2D eigenvalue weighted by Gasteiger charge is 2.31. The molecule has 0 aliphatic carbocycles. The molecular weight excluding hydrogens is 262 g/mol. The van der Waals surface area contributed by atoms with E-state index in [9.17, 15) is 17.6 Å². The van der Waals surface area contributed by atoms with E-state index in [4.69, 9.17) is 4.42 Å². The molecular formula is C13H11F4NO. The van der Waals surface area contributed by atoms with Crippen LogP contribution in [0.25, 0.3) is 11.3 Å². The molecule has 0 saturated carbocycles. The predicted molar refractivity (Wildman–Crippen MR) is 61.9 cm³/mol. The Hall–Kier alpha value is -1.82. The van der Waals surface area contributed by atoms with E-state index in [0.717, 1.165) is 12.1 Å². The summed E-state index contributed by atoms with van der Waals surface area (Å²) < 4.78 is 56.6. The fraction of sp³-hybridized carbons (Fsp3) is 0.231. The maximum Gasteiger partial charge on any atom is 0.416 e. The third kappa shape index (κ3) is 2.96. The molecule has 0 unspecified atom stereocenters. The molecule has 0 spiro atoms. The van der Waals surface area contributed by atoms with E-state index in [1.54, 1.807) is 13.1 Å². The number of halogens is 4. The van der Waals surface area contributed by atoms with E-state index in [0.29, 0.717) is 18.4 Å². The Morgan fingerprint density at radius 1 is 1.16 bits per heavy atom. The van der Waals surface area contributed by atoms with Gasteiger partial charge in [-0.15, -0.1) is 0 Å². The van der Waals surface area contributed by atoms with Gasteiger partial charge in [-0.05, 0) is 37.4 Å². The van der Waals surface area contributed by atoms with Crippen LogP contribution in [0.3, 0.4) is 0 Å². The lowest BCUT2D eigenvalue weighted by Crippen LogP contribution is -2.05. The van der Waals surface area contributed by atoms with Gasteiger partial charge in [-0.25, -0.2) is 4.39 Å². The van der Waals surface area contributed by atoms with Crippen molar-refractivity contribution in [2.75, 3.05) is 7.05 Å². The normalized spacial score (nSPS) is 11.8. The number of alkyl halides is 3. The van der Waals surface area contributed by atoms with Crippen LogP contribution in [0, 0.1) is 5.82 Å². The van der Waals surface area contributed by atoms with Crippen LogP contribution in [0.15, 0.2) is 34.7 Å². The van der Waals surface area contributed by atoms with E-state index in [1.807, 2.05) is 0 Å². The molecule has 2 nitrogen and oxygen atoms in total. The van der Waals surface area contributed by atoms with E-state index in [2.05, 4.69) is 5.32 Å². The van der Waals surface area contributed by atoms with Crippen molar-refractivity contribution >= 4 is 0 Å². The van der Waals surface area contributed by atoms with Crippen LogP contribution in [0.4, 0.5) is 17.6 Å². The number of nitrogens with one attached hydrogen (secondary N) is 1. The van der Waals surface area contributed by atoms with Crippen LogP contribution in [-0.4, -0.2) is 7.05 Å².